The molecule has 2 aromatic rings. The highest BCUT2D eigenvalue weighted by Crippen LogP contribution is 2.36. The SMILES string of the molecule is Cc1c(C(=O)Nc2cnn(C)c2)[nH]c2c1C(=O)CC(C)(C)C2. The fourth-order valence-corrected chi connectivity index (χ4v) is 3.14. The summed E-state index contributed by atoms with van der Waals surface area (Å²) in [5, 5.41) is 6.82. The predicted molar refractivity (Wildman–Crippen MR) is 83.1 cm³/mol. The number of nitrogens with zero attached hydrogens (tertiary/aromatic N) is 2. The van der Waals surface area contributed by atoms with Crippen LogP contribution in [-0.4, -0.2) is 26.5 Å². The second-order valence-electron chi connectivity index (χ2n) is 6.78. The summed E-state index contributed by atoms with van der Waals surface area (Å²) < 4.78 is 1.62. The van der Waals surface area contributed by atoms with Gasteiger partial charge in [0, 0.05) is 30.9 Å². The number of anilines is 1. The van der Waals surface area contributed by atoms with Crippen molar-refractivity contribution in [2.75, 3.05) is 5.32 Å². The average molecular weight is 300 g/mol. The minimum Gasteiger partial charge on any atom is -0.354 e. The second kappa shape index (κ2) is 4.83. The number of aryl methyl sites for hydroxylation is 1. The van der Waals surface area contributed by atoms with Gasteiger partial charge in [0.05, 0.1) is 11.9 Å². The molecule has 116 valence electrons. The topological polar surface area (TPSA) is 79.8 Å². The van der Waals surface area contributed by atoms with Gasteiger partial charge < -0.3 is 10.3 Å². The first-order valence-electron chi connectivity index (χ1n) is 7.31. The van der Waals surface area contributed by atoms with Gasteiger partial charge in [-0.25, -0.2) is 0 Å². The van der Waals surface area contributed by atoms with Crippen molar-refractivity contribution in [2.24, 2.45) is 12.5 Å². The van der Waals surface area contributed by atoms with E-state index >= 15 is 0 Å². The lowest BCUT2D eigenvalue weighted by Gasteiger charge is -2.28. The Morgan fingerprint density at radius 2 is 2.14 bits per heavy atom. The van der Waals surface area contributed by atoms with E-state index in [4.69, 9.17) is 0 Å². The molecule has 3 rings (SSSR count). The van der Waals surface area contributed by atoms with Gasteiger partial charge in [0.25, 0.3) is 5.91 Å². The number of amides is 1. The Balaban J connectivity index is 1.93. The highest BCUT2D eigenvalue weighted by Gasteiger charge is 2.35. The van der Waals surface area contributed by atoms with Crippen LogP contribution in [0.3, 0.4) is 0 Å². The molecule has 0 aliphatic heterocycles. The van der Waals surface area contributed by atoms with Gasteiger partial charge in [-0.3, -0.25) is 14.3 Å². The first-order valence-corrected chi connectivity index (χ1v) is 7.31. The van der Waals surface area contributed by atoms with Crippen LogP contribution in [0, 0.1) is 12.3 Å². The zero-order chi connectivity index (χ0) is 16.1. The highest BCUT2D eigenvalue weighted by atomic mass is 16.2. The molecule has 0 spiro atoms. The minimum atomic E-state index is -0.245. The quantitative estimate of drug-likeness (QED) is 0.894. The van der Waals surface area contributed by atoms with Gasteiger partial charge in [0.2, 0.25) is 0 Å². The fourth-order valence-electron chi connectivity index (χ4n) is 3.14. The molecule has 0 unspecified atom stereocenters. The van der Waals surface area contributed by atoms with Crippen molar-refractivity contribution >= 4 is 17.4 Å². The molecule has 2 N–H and O–H groups in total. The third-order valence-electron chi connectivity index (χ3n) is 4.09. The van der Waals surface area contributed by atoms with Gasteiger partial charge in [-0.05, 0) is 24.3 Å². The van der Waals surface area contributed by atoms with E-state index in [1.807, 2.05) is 6.92 Å². The lowest BCUT2D eigenvalue weighted by atomic mass is 9.75. The van der Waals surface area contributed by atoms with Crippen LogP contribution < -0.4 is 5.32 Å². The molecule has 0 bridgehead atoms. The van der Waals surface area contributed by atoms with Crippen molar-refractivity contribution in [2.45, 2.75) is 33.6 Å². The first kappa shape index (κ1) is 14.6. The van der Waals surface area contributed by atoms with Crippen molar-refractivity contribution in [1.29, 1.82) is 0 Å². The lowest BCUT2D eigenvalue weighted by Crippen LogP contribution is -2.26. The standard InChI is InChI=1S/C16H20N4O2/c1-9-13-11(5-16(2,3)6-12(13)21)19-14(9)15(22)18-10-7-17-20(4)8-10/h7-8,19H,5-6H2,1-4H3,(H,18,22). The largest absolute Gasteiger partial charge is 0.354 e. The number of rotatable bonds is 2. The molecule has 0 fully saturated rings. The van der Waals surface area contributed by atoms with E-state index < -0.39 is 0 Å². The Bertz CT molecular complexity index is 767. The summed E-state index contributed by atoms with van der Waals surface area (Å²) in [6, 6.07) is 0. The van der Waals surface area contributed by atoms with Crippen LogP contribution in [-0.2, 0) is 13.5 Å². The van der Waals surface area contributed by atoms with E-state index in [0.717, 1.165) is 17.7 Å². The molecule has 0 radical (unpaired) electrons. The zero-order valence-corrected chi connectivity index (χ0v) is 13.3. The van der Waals surface area contributed by atoms with E-state index in [0.29, 0.717) is 23.4 Å². The summed E-state index contributed by atoms with van der Waals surface area (Å²) in [6.07, 6.45) is 4.60. The second-order valence-corrected chi connectivity index (χ2v) is 6.78. The Hall–Kier alpha value is -2.37. The number of nitrogens with one attached hydrogen (secondary N) is 2. The van der Waals surface area contributed by atoms with E-state index in [1.54, 1.807) is 24.1 Å². The molecule has 0 saturated carbocycles. The predicted octanol–water partition coefficient (Wildman–Crippen LogP) is 2.46. The summed E-state index contributed by atoms with van der Waals surface area (Å²) in [5.74, 6) is -0.133. The number of carbonyl (C=O) groups is 2. The number of Topliss-reactive ketones (excluding diaryl/α,β-unsaturated/α-hetero) is 1. The Labute approximate surface area is 128 Å². The first-order chi connectivity index (χ1) is 10.3. The Morgan fingerprint density at radius 3 is 2.77 bits per heavy atom. The van der Waals surface area contributed by atoms with Crippen LogP contribution in [0.4, 0.5) is 5.69 Å². The van der Waals surface area contributed by atoms with E-state index in [1.165, 1.54) is 0 Å². The van der Waals surface area contributed by atoms with E-state index in [2.05, 4.69) is 29.2 Å². The van der Waals surface area contributed by atoms with Crippen LogP contribution in [0.25, 0.3) is 0 Å². The number of aromatic amines is 1. The Morgan fingerprint density at radius 1 is 1.41 bits per heavy atom. The molecule has 6 heteroatoms. The van der Waals surface area contributed by atoms with Gasteiger partial charge in [-0.1, -0.05) is 13.8 Å². The maximum absolute atomic E-state index is 12.4. The van der Waals surface area contributed by atoms with Crippen LogP contribution in [0.2, 0.25) is 0 Å². The van der Waals surface area contributed by atoms with Crippen molar-refractivity contribution in [3.8, 4) is 0 Å². The molecule has 0 atom stereocenters. The number of carbonyl (C=O) groups excluding carboxylic acids is 2. The zero-order valence-electron chi connectivity index (χ0n) is 13.3. The summed E-state index contributed by atoms with van der Waals surface area (Å²) in [4.78, 5) is 27.9. The maximum Gasteiger partial charge on any atom is 0.272 e. The molecule has 2 aromatic heterocycles. The van der Waals surface area contributed by atoms with Crippen molar-refractivity contribution in [1.82, 2.24) is 14.8 Å². The molecular formula is C16H20N4O2. The maximum atomic E-state index is 12.4. The summed E-state index contributed by atoms with van der Waals surface area (Å²) in [6.45, 7) is 5.96. The smallest absolute Gasteiger partial charge is 0.272 e. The molecule has 1 aliphatic carbocycles. The van der Waals surface area contributed by atoms with Gasteiger partial charge in [0.1, 0.15) is 5.69 Å². The number of ketones is 1. The third-order valence-corrected chi connectivity index (χ3v) is 4.09. The highest BCUT2D eigenvalue weighted by molar-refractivity contribution is 6.08. The number of hydrogen-bond acceptors (Lipinski definition) is 3. The molecule has 2 heterocycles. The summed E-state index contributed by atoms with van der Waals surface area (Å²) in [5.41, 5.74) is 3.31. The molecule has 1 aliphatic rings. The molecule has 6 nitrogen and oxygen atoms in total. The Kier molecular flexibility index (Phi) is 3.20. The van der Waals surface area contributed by atoms with Crippen molar-refractivity contribution < 1.29 is 9.59 Å². The third kappa shape index (κ3) is 2.45. The number of hydrogen-bond donors (Lipinski definition) is 2. The molecule has 0 aromatic carbocycles. The molecule has 22 heavy (non-hydrogen) atoms. The monoisotopic (exact) mass is 300 g/mol. The number of aromatic nitrogens is 3. The molecular weight excluding hydrogens is 280 g/mol. The average Bonchev–Trinajstić information content (AvgIpc) is 2.92. The van der Waals surface area contributed by atoms with Crippen molar-refractivity contribution in [3.05, 3.63) is 34.9 Å². The summed E-state index contributed by atoms with van der Waals surface area (Å²) >= 11 is 0. The summed E-state index contributed by atoms with van der Waals surface area (Å²) in [7, 11) is 1.79. The van der Waals surface area contributed by atoms with E-state index in [-0.39, 0.29) is 17.1 Å². The van der Waals surface area contributed by atoms with Crippen molar-refractivity contribution in [3.63, 3.8) is 0 Å². The number of H-pyrrole nitrogens is 1. The lowest BCUT2D eigenvalue weighted by molar-refractivity contribution is 0.0910. The fraction of sp³-hybridized carbons (Fsp3) is 0.438. The van der Waals surface area contributed by atoms with E-state index in [9.17, 15) is 9.59 Å². The van der Waals surface area contributed by atoms with Crippen LogP contribution >= 0.6 is 0 Å². The van der Waals surface area contributed by atoms with Gasteiger partial charge in [-0.15, -0.1) is 0 Å². The minimum absolute atomic E-state index is 0.0710. The van der Waals surface area contributed by atoms with Gasteiger partial charge >= 0.3 is 0 Å². The van der Waals surface area contributed by atoms with Crippen LogP contribution in [0.15, 0.2) is 12.4 Å². The normalized spacial score (nSPS) is 16.5. The van der Waals surface area contributed by atoms with Gasteiger partial charge in [0.15, 0.2) is 5.78 Å². The number of fused-ring (bicyclic) bond motifs is 1. The molecule has 0 saturated heterocycles. The molecule has 1 amide bonds. The van der Waals surface area contributed by atoms with Crippen LogP contribution in [0.5, 0.6) is 0 Å². The van der Waals surface area contributed by atoms with Crippen LogP contribution in [0.1, 0.15) is 52.4 Å². The van der Waals surface area contributed by atoms with Gasteiger partial charge in [-0.2, -0.15) is 5.10 Å².